The minimum absolute atomic E-state index is 0.253. The lowest BCUT2D eigenvalue weighted by atomic mass is 10.1. The molecule has 0 saturated carbocycles. The lowest BCUT2D eigenvalue weighted by Gasteiger charge is -2.06. The van der Waals surface area contributed by atoms with E-state index in [0.29, 0.717) is 12.1 Å². The molecule has 0 aliphatic heterocycles. The minimum atomic E-state index is -0.253. The van der Waals surface area contributed by atoms with Crippen LogP contribution in [0.2, 0.25) is 0 Å². The maximum Gasteiger partial charge on any atom is 0.344 e. The number of unbranched alkanes of at least 4 members (excludes halogenated alkanes) is 2. The molecule has 0 bridgehead atoms. The maximum absolute atomic E-state index is 11.6. The first-order valence-corrected chi connectivity index (χ1v) is 7.45. The quantitative estimate of drug-likeness (QED) is 0.423. The normalized spacial score (nSPS) is 11.2. The second-order valence-electron chi connectivity index (χ2n) is 4.36. The Labute approximate surface area is 129 Å². The Hall–Kier alpha value is -1.04. The Kier molecular flexibility index (Phi) is 8.29. The highest BCUT2D eigenvalue weighted by atomic mass is 127. The summed E-state index contributed by atoms with van der Waals surface area (Å²) in [5.74, 6) is -0.253. The first-order valence-electron chi connectivity index (χ1n) is 6.57. The zero-order chi connectivity index (χ0) is 13.9. The zero-order valence-corrected chi connectivity index (χ0v) is 13.4. The van der Waals surface area contributed by atoms with E-state index in [9.17, 15) is 4.79 Å². The van der Waals surface area contributed by atoms with Crippen molar-refractivity contribution in [1.82, 2.24) is 5.32 Å². The van der Waals surface area contributed by atoms with Crippen molar-refractivity contribution in [3.05, 3.63) is 47.7 Å². The summed E-state index contributed by atoms with van der Waals surface area (Å²) in [7, 11) is 0. The van der Waals surface area contributed by atoms with Gasteiger partial charge in [-0.15, -0.1) is 0 Å². The van der Waals surface area contributed by atoms with Crippen molar-refractivity contribution in [3.63, 3.8) is 0 Å². The minimum Gasteiger partial charge on any atom is -0.391 e. The standard InChI is InChI=1S/C15H20INO2/c1-2-3-5-10-14(15(18)19-16)12-17-11-13-8-6-4-7-9-13/h4,6-9,12,17H,2-3,5,10-11H2,1H3/b14-12-. The van der Waals surface area contributed by atoms with Gasteiger partial charge < -0.3 is 8.38 Å². The van der Waals surface area contributed by atoms with Gasteiger partial charge in [0.2, 0.25) is 0 Å². The van der Waals surface area contributed by atoms with Crippen molar-refractivity contribution in [2.45, 2.75) is 39.2 Å². The predicted molar refractivity (Wildman–Crippen MR) is 85.6 cm³/mol. The number of rotatable bonds is 8. The molecule has 0 amide bonds. The van der Waals surface area contributed by atoms with Gasteiger partial charge in [0.05, 0.1) is 5.57 Å². The van der Waals surface area contributed by atoms with Gasteiger partial charge in [0, 0.05) is 12.7 Å². The van der Waals surface area contributed by atoms with Gasteiger partial charge in [-0.25, -0.2) is 4.79 Å². The van der Waals surface area contributed by atoms with E-state index in [2.05, 4.69) is 12.2 Å². The maximum atomic E-state index is 11.6. The van der Waals surface area contributed by atoms with Crippen molar-refractivity contribution in [2.75, 3.05) is 0 Å². The van der Waals surface area contributed by atoms with Crippen LogP contribution in [-0.2, 0) is 14.4 Å². The number of halogens is 1. The van der Waals surface area contributed by atoms with E-state index < -0.39 is 0 Å². The molecule has 0 saturated heterocycles. The number of hydrogen-bond donors (Lipinski definition) is 1. The van der Waals surface area contributed by atoms with Crippen LogP contribution in [-0.4, -0.2) is 5.97 Å². The predicted octanol–water partition coefficient (Wildman–Crippen LogP) is 4.13. The summed E-state index contributed by atoms with van der Waals surface area (Å²) in [5, 5.41) is 3.18. The summed E-state index contributed by atoms with van der Waals surface area (Å²) in [6.07, 6.45) is 5.83. The number of carbonyl (C=O) groups is 1. The van der Waals surface area contributed by atoms with Crippen molar-refractivity contribution in [1.29, 1.82) is 0 Å². The number of nitrogens with one attached hydrogen (secondary N) is 1. The van der Waals surface area contributed by atoms with Crippen molar-refractivity contribution < 1.29 is 7.86 Å². The molecule has 0 aliphatic carbocycles. The molecular weight excluding hydrogens is 353 g/mol. The second-order valence-corrected chi connectivity index (χ2v) is 4.80. The molecule has 0 spiro atoms. The highest BCUT2D eigenvalue weighted by Crippen LogP contribution is 2.11. The van der Waals surface area contributed by atoms with Crippen LogP contribution >= 0.6 is 23.0 Å². The summed E-state index contributed by atoms with van der Waals surface area (Å²) >= 11 is 1.63. The third kappa shape index (κ3) is 6.61. The molecule has 1 rings (SSSR count). The van der Waals surface area contributed by atoms with Crippen molar-refractivity contribution in [3.8, 4) is 0 Å². The average Bonchev–Trinajstić information content (AvgIpc) is 2.46. The van der Waals surface area contributed by atoms with Gasteiger partial charge in [0.25, 0.3) is 0 Å². The van der Waals surface area contributed by atoms with Gasteiger partial charge in [0.15, 0.2) is 23.0 Å². The van der Waals surface area contributed by atoms with Crippen molar-refractivity contribution >= 4 is 29.0 Å². The molecule has 0 unspecified atom stereocenters. The van der Waals surface area contributed by atoms with E-state index in [1.807, 2.05) is 30.3 Å². The van der Waals surface area contributed by atoms with Crippen molar-refractivity contribution in [2.24, 2.45) is 0 Å². The first-order chi connectivity index (χ1) is 9.27. The summed E-state index contributed by atoms with van der Waals surface area (Å²) < 4.78 is 4.77. The Morgan fingerprint density at radius 2 is 2.05 bits per heavy atom. The summed E-state index contributed by atoms with van der Waals surface area (Å²) in [4.78, 5) is 11.6. The molecule has 19 heavy (non-hydrogen) atoms. The molecule has 3 nitrogen and oxygen atoms in total. The lowest BCUT2D eigenvalue weighted by Crippen LogP contribution is -2.10. The lowest BCUT2D eigenvalue weighted by molar-refractivity contribution is -0.127. The molecule has 1 aromatic rings. The number of benzene rings is 1. The van der Waals surface area contributed by atoms with Gasteiger partial charge in [-0.1, -0.05) is 50.1 Å². The van der Waals surface area contributed by atoms with E-state index in [0.717, 1.165) is 25.7 Å². The molecule has 0 aliphatic rings. The van der Waals surface area contributed by atoms with E-state index in [1.54, 1.807) is 29.2 Å². The Bertz CT molecular complexity index is 404. The molecule has 0 heterocycles. The fourth-order valence-electron chi connectivity index (χ4n) is 1.74. The number of carbonyl (C=O) groups excluding carboxylic acids is 1. The monoisotopic (exact) mass is 373 g/mol. The van der Waals surface area contributed by atoms with E-state index in [-0.39, 0.29) is 5.97 Å². The largest absolute Gasteiger partial charge is 0.391 e. The van der Waals surface area contributed by atoms with E-state index >= 15 is 0 Å². The highest BCUT2D eigenvalue weighted by Gasteiger charge is 2.09. The van der Waals surface area contributed by atoms with E-state index in [4.69, 9.17) is 3.07 Å². The molecule has 1 N–H and O–H groups in total. The average molecular weight is 373 g/mol. The molecule has 0 atom stereocenters. The Morgan fingerprint density at radius 1 is 1.32 bits per heavy atom. The van der Waals surface area contributed by atoms with Gasteiger partial charge in [-0.05, 0) is 18.4 Å². The van der Waals surface area contributed by atoms with Crippen LogP contribution in [0.15, 0.2) is 42.1 Å². The van der Waals surface area contributed by atoms with Crippen LogP contribution in [0.1, 0.15) is 38.2 Å². The van der Waals surface area contributed by atoms with Gasteiger partial charge >= 0.3 is 5.97 Å². The summed E-state index contributed by atoms with van der Waals surface area (Å²) in [6.45, 7) is 2.86. The molecule has 4 heteroatoms. The topological polar surface area (TPSA) is 38.3 Å². The third-order valence-corrected chi connectivity index (χ3v) is 3.21. The summed E-state index contributed by atoms with van der Waals surface area (Å²) in [6, 6.07) is 10.1. The first kappa shape index (κ1) is 16.0. The fraction of sp³-hybridized carbons (Fsp3) is 0.400. The molecule has 104 valence electrons. The van der Waals surface area contributed by atoms with Crippen LogP contribution < -0.4 is 5.32 Å². The molecule has 1 aromatic carbocycles. The van der Waals surface area contributed by atoms with Crippen LogP contribution in [0, 0.1) is 0 Å². The SMILES string of the molecule is CCCCC/C(=C/NCc1ccccc1)C(=O)OI. The second kappa shape index (κ2) is 9.83. The van der Waals surface area contributed by atoms with Gasteiger partial charge in [-0.2, -0.15) is 0 Å². The molecule has 0 aromatic heterocycles. The smallest absolute Gasteiger partial charge is 0.344 e. The third-order valence-electron chi connectivity index (χ3n) is 2.81. The fourth-order valence-corrected chi connectivity index (χ4v) is 2.02. The molecule has 0 radical (unpaired) electrons. The van der Waals surface area contributed by atoms with Crippen LogP contribution in [0.25, 0.3) is 0 Å². The van der Waals surface area contributed by atoms with Gasteiger partial charge in [0.1, 0.15) is 0 Å². The number of hydrogen-bond acceptors (Lipinski definition) is 3. The molecular formula is C15H20INO2. The zero-order valence-electron chi connectivity index (χ0n) is 11.2. The van der Waals surface area contributed by atoms with Crippen LogP contribution in [0.3, 0.4) is 0 Å². The molecule has 0 fully saturated rings. The highest BCUT2D eigenvalue weighted by molar-refractivity contribution is 14.1. The Balaban J connectivity index is 2.49. The van der Waals surface area contributed by atoms with E-state index in [1.165, 1.54) is 5.56 Å². The Morgan fingerprint density at radius 3 is 2.68 bits per heavy atom. The van der Waals surface area contributed by atoms with Gasteiger partial charge in [-0.3, -0.25) is 0 Å². The van der Waals surface area contributed by atoms with Crippen LogP contribution in [0.4, 0.5) is 0 Å². The summed E-state index contributed by atoms with van der Waals surface area (Å²) in [5.41, 5.74) is 1.90. The van der Waals surface area contributed by atoms with Crippen LogP contribution in [0.5, 0.6) is 0 Å².